The van der Waals surface area contributed by atoms with Crippen LogP contribution in [0.5, 0.6) is 0 Å². The third-order valence-corrected chi connectivity index (χ3v) is 4.82. The first-order chi connectivity index (χ1) is 13.9. The molecular weight excluding hydrogens is 420 g/mol. The largest absolute Gasteiger partial charge is 0.416 e. The fourth-order valence-corrected chi connectivity index (χ4v) is 3.24. The van der Waals surface area contributed by atoms with Crippen molar-refractivity contribution >= 4 is 12.2 Å². The number of aryl methyl sites for hydroxylation is 1. The van der Waals surface area contributed by atoms with Gasteiger partial charge in [-0.1, -0.05) is 0 Å². The van der Waals surface area contributed by atoms with Gasteiger partial charge in [0.2, 0.25) is 5.91 Å². The second-order valence-corrected chi connectivity index (χ2v) is 6.98. The number of carbonyl (C=O) groups excluding carboxylic acids is 2. The molecule has 1 aromatic carbocycles. The first kappa shape index (κ1) is 24.1. The number of alkyl halides is 6. The van der Waals surface area contributed by atoms with E-state index in [-0.39, 0.29) is 50.3 Å². The van der Waals surface area contributed by atoms with Gasteiger partial charge in [0.25, 0.3) is 0 Å². The van der Waals surface area contributed by atoms with Gasteiger partial charge in [0.05, 0.1) is 30.3 Å². The number of benzene rings is 1. The molecule has 5 nitrogen and oxygen atoms in total. The van der Waals surface area contributed by atoms with Gasteiger partial charge in [-0.2, -0.15) is 26.3 Å². The van der Waals surface area contributed by atoms with E-state index in [4.69, 9.17) is 4.74 Å². The monoisotopic (exact) mass is 441 g/mol. The van der Waals surface area contributed by atoms with Crippen LogP contribution in [0.2, 0.25) is 0 Å². The fraction of sp³-hybridized carbons (Fsp3) is 0.579. The van der Waals surface area contributed by atoms with E-state index < -0.39 is 41.4 Å². The second-order valence-electron chi connectivity index (χ2n) is 6.98. The van der Waals surface area contributed by atoms with Gasteiger partial charge >= 0.3 is 12.4 Å². The summed E-state index contributed by atoms with van der Waals surface area (Å²) in [5, 5.41) is 9.87. The predicted molar refractivity (Wildman–Crippen MR) is 92.3 cm³/mol. The van der Waals surface area contributed by atoms with Crippen LogP contribution in [0, 0.1) is 5.92 Å². The van der Waals surface area contributed by atoms with E-state index in [0.29, 0.717) is 25.3 Å². The van der Waals surface area contributed by atoms with Gasteiger partial charge in [0.15, 0.2) is 0 Å². The molecule has 2 rings (SSSR count). The van der Waals surface area contributed by atoms with Gasteiger partial charge in [-0.05, 0) is 43.0 Å². The van der Waals surface area contributed by atoms with E-state index in [2.05, 4.69) is 0 Å². The molecule has 30 heavy (non-hydrogen) atoms. The molecule has 2 atom stereocenters. The molecule has 1 amide bonds. The van der Waals surface area contributed by atoms with Gasteiger partial charge in [-0.3, -0.25) is 4.79 Å². The summed E-state index contributed by atoms with van der Waals surface area (Å²) in [6.07, 6.45) is -11.6. The molecule has 1 aliphatic rings. The lowest BCUT2D eigenvalue weighted by Gasteiger charge is -2.31. The number of amides is 1. The summed E-state index contributed by atoms with van der Waals surface area (Å²) in [5.74, 6) is -1.63. The zero-order valence-electron chi connectivity index (χ0n) is 15.8. The topological polar surface area (TPSA) is 66.8 Å². The Labute approximate surface area is 168 Å². The van der Waals surface area contributed by atoms with Crippen LogP contribution in [0.3, 0.4) is 0 Å². The van der Waals surface area contributed by atoms with E-state index in [0.717, 1.165) is 0 Å². The molecule has 1 saturated heterocycles. The van der Waals surface area contributed by atoms with E-state index >= 15 is 0 Å². The Kier molecular flexibility index (Phi) is 7.87. The van der Waals surface area contributed by atoms with E-state index in [1.165, 1.54) is 4.90 Å². The van der Waals surface area contributed by atoms with Crippen LogP contribution >= 0.6 is 0 Å². The van der Waals surface area contributed by atoms with Crippen molar-refractivity contribution in [3.8, 4) is 0 Å². The normalized spacial score (nSPS) is 17.5. The molecule has 1 aromatic rings. The molecule has 0 aromatic heterocycles. The summed E-state index contributed by atoms with van der Waals surface area (Å²) in [6.45, 7) is 1.12. The number of carbonyl (C=O) groups is 2. The van der Waals surface area contributed by atoms with Gasteiger partial charge in [0.1, 0.15) is 12.4 Å². The highest BCUT2D eigenvalue weighted by Gasteiger charge is 2.37. The maximum Gasteiger partial charge on any atom is 0.416 e. The predicted octanol–water partition coefficient (Wildman–Crippen LogP) is 3.08. The molecule has 1 aliphatic heterocycles. The summed E-state index contributed by atoms with van der Waals surface area (Å²) >= 11 is 0. The number of hydrogen-bond acceptors (Lipinski definition) is 4. The van der Waals surface area contributed by atoms with Gasteiger partial charge in [-0.15, -0.1) is 0 Å². The highest BCUT2D eigenvalue weighted by atomic mass is 19.4. The van der Waals surface area contributed by atoms with Crippen molar-refractivity contribution in [3.05, 3.63) is 34.9 Å². The van der Waals surface area contributed by atoms with Crippen molar-refractivity contribution in [1.29, 1.82) is 0 Å². The Balaban J connectivity index is 2.13. The molecule has 0 bridgehead atoms. The van der Waals surface area contributed by atoms with Crippen molar-refractivity contribution in [2.24, 2.45) is 5.92 Å². The second kappa shape index (κ2) is 9.78. The van der Waals surface area contributed by atoms with Crippen molar-refractivity contribution in [2.45, 2.75) is 37.7 Å². The number of ether oxygens (including phenoxy) is 1. The minimum absolute atomic E-state index is 0.00422. The van der Waals surface area contributed by atoms with Crippen molar-refractivity contribution in [3.63, 3.8) is 0 Å². The van der Waals surface area contributed by atoms with Crippen LogP contribution in [0.25, 0.3) is 0 Å². The lowest BCUT2D eigenvalue weighted by molar-refractivity contribution is -0.146. The number of nitrogens with zero attached hydrogens (tertiary/aromatic N) is 1. The Bertz CT molecular complexity index is 711. The minimum Gasteiger partial charge on any atom is -0.385 e. The van der Waals surface area contributed by atoms with E-state index in [9.17, 15) is 41.0 Å². The molecule has 1 N–H and O–H groups in total. The maximum absolute atomic E-state index is 13.0. The van der Waals surface area contributed by atoms with Gasteiger partial charge in [-0.25, -0.2) is 0 Å². The summed E-state index contributed by atoms with van der Waals surface area (Å²) in [4.78, 5) is 25.0. The number of aliphatic hydroxyl groups is 1. The maximum atomic E-state index is 13.0. The molecule has 11 heteroatoms. The average Bonchev–Trinajstić information content (AvgIpc) is 2.69. The number of aliphatic hydroxyl groups excluding tert-OH is 1. The number of morpholine rings is 1. The third kappa shape index (κ3) is 6.43. The van der Waals surface area contributed by atoms with Crippen LogP contribution in [0.1, 0.15) is 29.5 Å². The molecule has 168 valence electrons. The Morgan fingerprint density at radius 3 is 2.07 bits per heavy atom. The number of rotatable bonds is 7. The Hall–Kier alpha value is -2.14. The van der Waals surface area contributed by atoms with Crippen LogP contribution in [0.15, 0.2) is 18.2 Å². The number of aldehydes is 1. The SMILES string of the molecule is O=C[C@@H](O)[C@@H](CCCc1cc(C(F)(F)F)cc(C(F)(F)F)c1)C(=O)N1CCOCC1. The zero-order valence-corrected chi connectivity index (χ0v) is 15.8. The molecule has 0 radical (unpaired) electrons. The van der Waals surface area contributed by atoms with Crippen molar-refractivity contribution in [2.75, 3.05) is 26.3 Å². The summed E-state index contributed by atoms with van der Waals surface area (Å²) in [7, 11) is 0. The quantitative estimate of drug-likeness (QED) is 0.522. The Morgan fingerprint density at radius 2 is 1.60 bits per heavy atom. The highest BCUT2D eigenvalue weighted by Crippen LogP contribution is 2.36. The molecule has 0 spiro atoms. The van der Waals surface area contributed by atoms with Crippen LogP contribution in [-0.4, -0.2) is 54.6 Å². The van der Waals surface area contributed by atoms with Gasteiger partial charge in [0, 0.05) is 13.1 Å². The Morgan fingerprint density at radius 1 is 1.07 bits per heavy atom. The molecule has 1 fully saturated rings. The van der Waals surface area contributed by atoms with Crippen molar-refractivity contribution in [1.82, 2.24) is 4.90 Å². The number of halogens is 6. The van der Waals surface area contributed by atoms with E-state index in [1.54, 1.807) is 0 Å². The van der Waals surface area contributed by atoms with Crippen LogP contribution < -0.4 is 0 Å². The van der Waals surface area contributed by atoms with Gasteiger partial charge < -0.3 is 19.5 Å². The lowest BCUT2D eigenvalue weighted by atomic mass is 9.92. The summed E-state index contributed by atoms with van der Waals surface area (Å²) in [5.41, 5.74) is -3.03. The third-order valence-electron chi connectivity index (χ3n) is 4.82. The number of hydrogen-bond donors (Lipinski definition) is 1. The lowest BCUT2D eigenvalue weighted by Crippen LogP contribution is -2.46. The average molecular weight is 441 g/mol. The molecule has 0 saturated carbocycles. The van der Waals surface area contributed by atoms with Crippen LogP contribution in [-0.2, 0) is 33.1 Å². The van der Waals surface area contributed by atoms with Crippen LogP contribution in [0.4, 0.5) is 26.3 Å². The summed E-state index contributed by atoms with van der Waals surface area (Å²) in [6, 6.07) is 1.30. The minimum atomic E-state index is -4.95. The first-order valence-corrected chi connectivity index (χ1v) is 9.21. The smallest absolute Gasteiger partial charge is 0.385 e. The molecular formula is C19H21F6NO4. The van der Waals surface area contributed by atoms with E-state index in [1.807, 2.05) is 0 Å². The highest BCUT2D eigenvalue weighted by molar-refractivity contribution is 5.82. The first-order valence-electron chi connectivity index (χ1n) is 9.21. The fourth-order valence-electron chi connectivity index (χ4n) is 3.24. The van der Waals surface area contributed by atoms with Crippen molar-refractivity contribution < 1.29 is 45.8 Å². The zero-order chi connectivity index (χ0) is 22.5. The molecule has 0 unspecified atom stereocenters. The molecule has 0 aliphatic carbocycles. The molecule has 1 heterocycles. The summed E-state index contributed by atoms with van der Waals surface area (Å²) < 4.78 is 82.8. The standard InChI is InChI=1S/C19H21F6NO4/c20-18(21,22)13-8-12(9-14(10-13)19(23,24)25)2-1-3-15(16(28)11-27)17(29)26-4-6-30-7-5-26/h8-11,15-16,28H,1-7H2/t15-,16-/m1/s1.